The van der Waals surface area contributed by atoms with Gasteiger partial charge in [-0.2, -0.15) is 0 Å². The molecule has 0 bridgehead atoms. The maximum Gasteiger partial charge on any atom is 0.0551 e. The molecule has 0 radical (unpaired) electrons. The van der Waals surface area contributed by atoms with E-state index in [0.717, 1.165) is 5.92 Å². The molecule has 1 atom stereocenters. The van der Waals surface area contributed by atoms with Gasteiger partial charge in [0.05, 0.1) is 6.04 Å². The zero-order valence-corrected chi connectivity index (χ0v) is 13.0. The van der Waals surface area contributed by atoms with Crippen molar-refractivity contribution in [3.8, 4) is 0 Å². The second-order valence-corrected chi connectivity index (χ2v) is 6.57. The minimum atomic E-state index is -0.0209. The molecule has 0 amide bonds. The molecular formula is C17H18IN. The molecule has 0 saturated heterocycles. The van der Waals surface area contributed by atoms with Crippen molar-refractivity contribution >= 4 is 22.6 Å². The molecule has 2 N–H and O–H groups in total. The fourth-order valence-corrected chi connectivity index (χ4v) is 2.94. The van der Waals surface area contributed by atoms with Gasteiger partial charge in [-0.25, -0.2) is 0 Å². The van der Waals surface area contributed by atoms with Crippen LogP contribution in [0.2, 0.25) is 0 Å². The van der Waals surface area contributed by atoms with E-state index in [-0.39, 0.29) is 6.04 Å². The largest absolute Gasteiger partial charge is 0.320 e. The molecule has 2 heteroatoms. The van der Waals surface area contributed by atoms with Crippen LogP contribution in [0.5, 0.6) is 0 Å². The summed E-state index contributed by atoms with van der Waals surface area (Å²) in [5, 5.41) is 0. The molecule has 0 aliphatic heterocycles. The Bertz CT molecular complexity index is 540. The number of halogens is 1. The van der Waals surface area contributed by atoms with E-state index in [1.807, 2.05) is 0 Å². The molecule has 3 rings (SSSR count). The van der Waals surface area contributed by atoms with Gasteiger partial charge in [0, 0.05) is 3.57 Å². The van der Waals surface area contributed by atoms with Crippen molar-refractivity contribution in [2.75, 3.05) is 0 Å². The molecule has 2 aromatic carbocycles. The van der Waals surface area contributed by atoms with Crippen LogP contribution >= 0.6 is 22.6 Å². The number of benzene rings is 2. The highest BCUT2D eigenvalue weighted by Gasteiger charge is 2.19. The fraction of sp³-hybridized carbons (Fsp3) is 0.294. The highest BCUT2D eigenvalue weighted by Crippen LogP contribution is 2.36. The molecule has 1 unspecified atom stereocenters. The van der Waals surface area contributed by atoms with Gasteiger partial charge in [-0.05, 0) is 70.2 Å². The third kappa shape index (κ3) is 2.84. The van der Waals surface area contributed by atoms with Gasteiger partial charge < -0.3 is 5.73 Å². The maximum atomic E-state index is 6.34. The van der Waals surface area contributed by atoms with Crippen LogP contribution in [-0.2, 0) is 0 Å². The van der Waals surface area contributed by atoms with Gasteiger partial charge in [0.15, 0.2) is 0 Å². The summed E-state index contributed by atoms with van der Waals surface area (Å²) in [7, 11) is 0. The average molecular weight is 363 g/mol. The van der Waals surface area contributed by atoms with E-state index in [1.54, 1.807) is 0 Å². The van der Waals surface area contributed by atoms with Crippen LogP contribution in [0, 0.1) is 3.57 Å². The van der Waals surface area contributed by atoms with Crippen molar-refractivity contribution in [3.05, 3.63) is 68.8 Å². The first-order chi connectivity index (χ1) is 9.24. The first kappa shape index (κ1) is 13.1. The maximum absolute atomic E-state index is 6.34. The Labute approximate surface area is 128 Å². The lowest BCUT2D eigenvalue weighted by Gasteiger charge is -2.26. The van der Waals surface area contributed by atoms with Crippen molar-refractivity contribution in [2.24, 2.45) is 5.73 Å². The first-order valence-corrected chi connectivity index (χ1v) is 7.93. The minimum Gasteiger partial charge on any atom is -0.320 e. The van der Waals surface area contributed by atoms with E-state index in [9.17, 15) is 0 Å². The van der Waals surface area contributed by atoms with Crippen LogP contribution in [0.3, 0.4) is 0 Å². The smallest absolute Gasteiger partial charge is 0.0551 e. The Morgan fingerprint density at radius 2 is 1.42 bits per heavy atom. The Morgan fingerprint density at radius 3 is 1.89 bits per heavy atom. The quantitative estimate of drug-likeness (QED) is 0.792. The molecular weight excluding hydrogens is 345 g/mol. The Hall–Kier alpha value is -0.870. The highest BCUT2D eigenvalue weighted by molar-refractivity contribution is 14.1. The molecule has 0 aromatic heterocycles. The van der Waals surface area contributed by atoms with Gasteiger partial charge in [0.25, 0.3) is 0 Å². The summed E-state index contributed by atoms with van der Waals surface area (Å²) in [5.74, 6) is 0.795. The third-order valence-electron chi connectivity index (χ3n) is 4.10. The normalized spacial score (nSPS) is 16.9. The van der Waals surface area contributed by atoms with Crippen molar-refractivity contribution in [1.82, 2.24) is 0 Å². The van der Waals surface area contributed by atoms with Crippen LogP contribution in [0.25, 0.3) is 0 Å². The Morgan fingerprint density at radius 1 is 0.895 bits per heavy atom. The van der Waals surface area contributed by atoms with E-state index in [4.69, 9.17) is 5.73 Å². The number of nitrogens with two attached hydrogens (primary N) is 1. The number of hydrogen-bond donors (Lipinski definition) is 1. The lowest BCUT2D eigenvalue weighted by Crippen LogP contribution is -2.13. The van der Waals surface area contributed by atoms with E-state index in [1.165, 1.54) is 39.5 Å². The second-order valence-electron chi connectivity index (χ2n) is 5.32. The zero-order chi connectivity index (χ0) is 13.2. The minimum absolute atomic E-state index is 0.0209. The molecule has 0 heterocycles. The fourth-order valence-electron chi connectivity index (χ4n) is 2.58. The summed E-state index contributed by atoms with van der Waals surface area (Å²) in [4.78, 5) is 0. The van der Waals surface area contributed by atoms with E-state index >= 15 is 0 Å². The summed E-state index contributed by atoms with van der Waals surface area (Å²) in [5.41, 5.74) is 10.2. The summed E-state index contributed by atoms with van der Waals surface area (Å²) >= 11 is 2.32. The molecule has 1 aliphatic carbocycles. The van der Waals surface area contributed by atoms with E-state index < -0.39 is 0 Å². The molecule has 1 nitrogen and oxygen atoms in total. The standard InChI is InChI=1S/C17H18IN/c18-16-10-8-15(9-11-16)17(19)14-6-4-13(5-7-14)12-2-1-3-12/h4-12,17H,1-3,19H2. The average Bonchev–Trinajstić information content (AvgIpc) is 2.38. The van der Waals surface area contributed by atoms with Crippen LogP contribution in [0.4, 0.5) is 0 Å². The van der Waals surface area contributed by atoms with Gasteiger partial charge in [0.1, 0.15) is 0 Å². The molecule has 1 fully saturated rings. The van der Waals surface area contributed by atoms with Gasteiger partial charge in [-0.15, -0.1) is 0 Å². The SMILES string of the molecule is NC(c1ccc(I)cc1)c1ccc(C2CCC2)cc1. The van der Waals surface area contributed by atoms with Gasteiger partial charge in [0.2, 0.25) is 0 Å². The summed E-state index contributed by atoms with van der Waals surface area (Å²) in [6, 6.07) is 17.3. The number of rotatable bonds is 3. The van der Waals surface area contributed by atoms with Crippen molar-refractivity contribution in [2.45, 2.75) is 31.2 Å². The van der Waals surface area contributed by atoms with E-state index in [2.05, 4.69) is 71.1 Å². The molecule has 19 heavy (non-hydrogen) atoms. The van der Waals surface area contributed by atoms with E-state index in [0.29, 0.717) is 0 Å². The molecule has 0 spiro atoms. The van der Waals surface area contributed by atoms with Crippen LogP contribution in [0.15, 0.2) is 48.5 Å². The topological polar surface area (TPSA) is 26.0 Å². The van der Waals surface area contributed by atoms with Crippen LogP contribution in [0.1, 0.15) is 47.9 Å². The molecule has 98 valence electrons. The van der Waals surface area contributed by atoms with Crippen molar-refractivity contribution in [3.63, 3.8) is 0 Å². The van der Waals surface area contributed by atoms with Crippen LogP contribution in [-0.4, -0.2) is 0 Å². The summed E-state index contributed by atoms with van der Waals surface area (Å²) in [6.07, 6.45) is 4.08. The summed E-state index contributed by atoms with van der Waals surface area (Å²) in [6.45, 7) is 0. The zero-order valence-electron chi connectivity index (χ0n) is 10.9. The number of hydrogen-bond acceptors (Lipinski definition) is 1. The lowest BCUT2D eigenvalue weighted by molar-refractivity contribution is 0.419. The Balaban J connectivity index is 1.79. The monoisotopic (exact) mass is 363 g/mol. The van der Waals surface area contributed by atoms with Gasteiger partial charge in [-0.3, -0.25) is 0 Å². The second kappa shape index (κ2) is 5.63. The molecule has 2 aromatic rings. The van der Waals surface area contributed by atoms with Crippen molar-refractivity contribution in [1.29, 1.82) is 0 Å². The third-order valence-corrected chi connectivity index (χ3v) is 4.82. The van der Waals surface area contributed by atoms with Crippen molar-refractivity contribution < 1.29 is 0 Å². The van der Waals surface area contributed by atoms with Gasteiger partial charge >= 0.3 is 0 Å². The summed E-state index contributed by atoms with van der Waals surface area (Å²) < 4.78 is 1.24. The first-order valence-electron chi connectivity index (χ1n) is 6.85. The van der Waals surface area contributed by atoms with Crippen LogP contribution < -0.4 is 5.73 Å². The highest BCUT2D eigenvalue weighted by atomic mass is 127. The predicted octanol–water partition coefficient (Wildman–Crippen LogP) is 4.61. The predicted molar refractivity (Wildman–Crippen MR) is 88.2 cm³/mol. The molecule has 1 aliphatic rings. The molecule has 1 saturated carbocycles. The Kier molecular flexibility index (Phi) is 3.89. The van der Waals surface area contributed by atoms with Gasteiger partial charge in [-0.1, -0.05) is 42.8 Å². The lowest BCUT2D eigenvalue weighted by atomic mass is 9.79.